The van der Waals surface area contributed by atoms with Crippen molar-refractivity contribution in [3.05, 3.63) is 64.0 Å². The van der Waals surface area contributed by atoms with Gasteiger partial charge in [0, 0.05) is 21.3 Å². The number of rotatable bonds is 3. The Labute approximate surface area is 116 Å². The molecule has 1 unspecified atom stereocenters. The molecule has 19 heavy (non-hydrogen) atoms. The lowest BCUT2D eigenvalue weighted by molar-refractivity contribution is 0.650. The van der Waals surface area contributed by atoms with Crippen molar-refractivity contribution in [2.75, 3.05) is 0 Å². The maximum atomic E-state index is 5.77. The van der Waals surface area contributed by atoms with E-state index in [9.17, 15) is 0 Å². The molecule has 1 aromatic carbocycles. The third kappa shape index (κ3) is 2.26. The van der Waals surface area contributed by atoms with Crippen LogP contribution in [0.4, 0.5) is 0 Å². The van der Waals surface area contributed by atoms with Gasteiger partial charge in [0.05, 0.1) is 11.6 Å². The van der Waals surface area contributed by atoms with Gasteiger partial charge in [-0.15, -0.1) is 11.3 Å². The number of hydrazine groups is 1. The zero-order valence-electron chi connectivity index (χ0n) is 10.6. The topological polar surface area (TPSA) is 50.9 Å². The van der Waals surface area contributed by atoms with E-state index in [2.05, 4.69) is 35.5 Å². The van der Waals surface area contributed by atoms with Crippen molar-refractivity contribution in [1.29, 1.82) is 0 Å². The van der Waals surface area contributed by atoms with Crippen molar-refractivity contribution in [3.8, 4) is 0 Å². The Morgan fingerprint density at radius 2 is 2.00 bits per heavy atom. The molecule has 2 aromatic heterocycles. The van der Waals surface area contributed by atoms with E-state index < -0.39 is 0 Å². The van der Waals surface area contributed by atoms with Crippen LogP contribution in [0.1, 0.15) is 21.4 Å². The second kappa shape index (κ2) is 5.09. The number of aromatic nitrogens is 1. The van der Waals surface area contributed by atoms with Gasteiger partial charge in [-0.05, 0) is 36.8 Å². The molecule has 0 amide bonds. The summed E-state index contributed by atoms with van der Waals surface area (Å²) in [5.74, 6) is 5.77. The fraction of sp³-hybridized carbons (Fsp3) is 0.133. The SMILES string of the molecule is Cc1ccc(C(NN)c2ccnc3ccccc23)s1. The van der Waals surface area contributed by atoms with Gasteiger partial charge in [0.2, 0.25) is 0 Å². The van der Waals surface area contributed by atoms with Crippen LogP contribution in [-0.2, 0) is 0 Å². The monoisotopic (exact) mass is 269 g/mol. The molecule has 0 bridgehead atoms. The van der Waals surface area contributed by atoms with Crippen molar-refractivity contribution in [2.24, 2.45) is 5.84 Å². The average molecular weight is 269 g/mol. The van der Waals surface area contributed by atoms with Crippen LogP contribution in [0.2, 0.25) is 0 Å². The molecule has 0 radical (unpaired) electrons. The Bertz CT molecular complexity index is 700. The molecule has 0 aliphatic carbocycles. The van der Waals surface area contributed by atoms with Crippen molar-refractivity contribution in [3.63, 3.8) is 0 Å². The Morgan fingerprint density at radius 3 is 2.74 bits per heavy atom. The molecule has 3 aromatic rings. The van der Waals surface area contributed by atoms with E-state index in [0.717, 1.165) is 16.5 Å². The minimum atomic E-state index is 0.00611. The summed E-state index contributed by atoms with van der Waals surface area (Å²) in [5.41, 5.74) is 5.08. The minimum Gasteiger partial charge on any atom is -0.271 e. The van der Waals surface area contributed by atoms with Crippen LogP contribution >= 0.6 is 11.3 Å². The summed E-state index contributed by atoms with van der Waals surface area (Å²) < 4.78 is 0. The van der Waals surface area contributed by atoms with Crippen LogP contribution in [-0.4, -0.2) is 4.98 Å². The Hall–Kier alpha value is -1.75. The number of fused-ring (bicyclic) bond motifs is 1. The molecule has 4 heteroatoms. The summed E-state index contributed by atoms with van der Waals surface area (Å²) in [7, 11) is 0. The average Bonchev–Trinajstić information content (AvgIpc) is 2.86. The lowest BCUT2D eigenvalue weighted by Crippen LogP contribution is -2.28. The highest BCUT2D eigenvalue weighted by atomic mass is 32.1. The zero-order chi connectivity index (χ0) is 13.2. The first-order chi connectivity index (χ1) is 9.29. The lowest BCUT2D eigenvalue weighted by Gasteiger charge is -2.16. The number of para-hydroxylation sites is 1. The maximum absolute atomic E-state index is 5.77. The molecule has 1 atom stereocenters. The number of hydrogen-bond acceptors (Lipinski definition) is 4. The highest BCUT2D eigenvalue weighted by molar-refractivity contribution is 7.12. The smallest absolute Gasteiger partial charge is 0.0809 e. The fourth-order valence-corrected chi connectivity index (χ4v) is 3.26. The van der Waals surface area contributed by atoms with Crippen LogP contribution < -0.4 is 11.3 Å². The summed E-state index contributed by atoms with van der Waals surface area (Å²) in [6.45, 7) is 2.10. The summed E-state index contributed by atoms with van der Waals surface area (Å²) >= 11 is 1.76. The molecule has 0 fully saturated rings. The Balaban J connectivity index is 2.16. The molecule has 2 heterocycles. The molecule has 0 saturated carbocycles. The van der Waals surface area contributed by atoms with Gasteiger partial charge in [-0.2, -0.15) is 0 Å². The summed E-state index contributed by atoms with van der Waals surface area (Å²) in [6, 6.07) is 14.4. The predicted molar refractivity (Wildman–Crippen MR) is 80.0 cm³/mol. The number of nitrogens with zero attached hydrogens (tertiary/aromatic N) is 1. The normalized spacial score (nSPS) is 12.7. The molecule has 0 aliphatic rings. The first kappa shape index (κ1) is 12.3. The van der Waals surface area contributed by atoms with Gasteiger partial charge in [-0.3, -0.25) is 10.8 Å². The number of pyridine rings is 1. The van der Waals surface area contributed by atoms with E-state index in [4.69, 9.17) is 5.84 Å². The Morgan fingerprint density at radius 1 is 1.16 bits per heavy atom. The summed E-state index contributed by atoms with van der Waals surface area (Å²) in [4.78, 5) is 6.90. The van der Waals surface area contributed by atoms with Crippen LogP contribution in [0.25, 0.3) is 10.9 Å². The van der Waals surface area contributed by atoms with Crippen molar-refractivity contribution >= 4 is 22.2 Å². The largest absolute Gasteiger partial charge is 0.271 e. The van der Waals surface area contributed by atoms with Crippen molar-refractivity contribution in [1.82, 2.24) is 10.4 Å². The molecule has 0 aliphatic heterocycles. The van der Waals surface area contributed by atoms with Gasteiger partial charge in [0.1, 0.15) is 0 Å². The quantitative estimate of drug-likeness (QED) is 0.567. The first-order valence-corrected chi connectivity index (χ1v) is 6.97. The number of nitrogens with one attached hydrogen (secondary N) is 1. The van der Waals surface area contributed by atoms with Crippen LogP contribution in [0.15, 0.2) is 48.7 Å². The maximum Gasteiger partial charge on any atom is 0.0809 e. The van der Waals surface area contributed by atoms with Crippen LogP contribution in [0.3, 0.4) is 0 Å². The number of aryl methyl sites for hydroxylation is 1. The summed E-state index contributed by atoms with van der Waals surface area (Å²) in [5, 5.41) is 1.14. The number of thiophene rings is 1. The minimum absolute atomic E-state index is 0.00611. The molecule has 3 N–H and O–H groups in total. The highest BCUT2D eigenvalue weighted by Gasteiger charge is 2.16. The van der Waals surface area contributed by atoms with Crippen molar-refractivity contribution in [2.45, 2.75) is 13.0 Å². The second-order valence-electron chi connectivity index (χ2n) is 4.47. The summed E-state index contributed by atoms with van der Waals surface area (Å²) in [6.07, 6.45) is 1.84. The number of hydrogen-bond donors (Lipinski definition) is 2. The molecule has 96 valence electrons. The van der Waals surface area contributed by atoms with Gasteiger partial charge in [-0.25, -0.2) is 5.43 Å². The van der Waals surface area contributed by atoms with E-state index in [1.54, 1.807) is 11.3 Å². The molecule has 0 saturated heterocycles. The van der Waals surface area contributed by atoms with Gasteiger partial charge in [0.25, 0.3) is 0 Å². The Kier molecular flexibility index (Phi) is 3.29. The van der Waals surface area contributed by atoms with Gasteiger partial charge >= 0.3 is 0 Å². The highest BCUT2D eigenvalue weighted by Crippen LogP contribution is 2.31. The molecular formula is C15H15N3S. The molecular weight excluding hydrogens is 254 g/mol. The zero-order valence-corrected chi connectivity index (χ0v) is 11.4. The molecule has 0 spiro atoms. The third-order valence-electron chi connectivity index (χ3n) is 3.21. The predicted octanol–water partition coefficient (Wildman–Crippen LogP) is 3.16. The number of nitrogens with two attached hydrogens (primary N) is 1. The lowest BCUT2D eigenvalue weighted by atomic mass is 10.0. The van der Waals surface area contributed by atoms with Crippen LogP contribution in [0.5, 0.6) is 0 Å². The van der Waals surface area contributed by atoms with Gasteiger partial charge < -0.3 is 0 Å². The standard InChI is InChI=1S/C15H15N3S/c1-10-6-7-14(19-10)15(18-16)12-8-9-17-13-5-3-2-4-11(12)13/h2-9,15,18H,16H2,1H3. The van der Waals surface area contributed by atoms with Crippen molar-refractivity contribution < 1.29 is 0 Å². The first-order valence-electron chi connectivity index (χ1n) is 6.15. The molecule has 3 rings (SSSR count). The van der Waals surface area contributed by atoms with E-state index in [0.29, 0.717) is 0 Å². The van der Waals surface area contributed by atoms with Crippen LogP contribution in [0, 0.1) is 6.92 Å². The van der Waals surface area contributed by atoms with E-state index in [1.165, 1.54) is 9.75 Å². The van der Waals surface area contributed by atoms with Gasteiger partial charge in [0.15, 0.2) is 0 Å². The van der Waals surface area contributed by atoms with E-state index in [1.807, 2.05) is 30.5 Å². The number of benzene rings is 1. The molecule has 3 nitrogen and oxygen atoms in total. The second-order valence-corrected chi connectivity index (χ2v) is 5.78. The fourth-order valence-electron chi connectivity index (χ4n) is 2.30. The van der Waals surface area contributed by atoms with Gasteiger partial charge in [-0.1, -0.05) is 18.2 Å². The van der Waals surface area contributed by atoms with E-state index in [-0.39, 0.29) is 6.04 Å². The van der Waals surface area contributed by atoms with E-state index >= 15 is 0 Å². The third-order valence-corrected chi connectivity index (χ3v) is 4.27.